The van der Waals surface area contributed by atoms with Gasteiger partial charge in [0.15, 0.2) is 0 Å². The molecule has 2 saturated heterocycles. The van der Waals surface area contributed by atoms with Crippen molar-refractivity contribution < 1.29 is 31.5 Å². The van der Waals surface area contributed by atoms with Crippen LogP contribution in [0.4, 0.5) is 14.5 Å². The van der Waals surface area contributed by atoms with Crippen molar-refractivity contribution in [1.82, 2.24) is 18.6 Å². The number of aromatic nitrogens is 2. The molecule has 2 aromatic heterocycles. The zero-order valence-corrected chi connectivity index (χ0v) is 21.8. The first-order chi connectivity index (χ1) is 18.2. The molecular weight excluding hydrogens is 520 g/mol. The molecule has 3 aromatic rings. The van der Waals surface area contributed by atoms with E-state index < -0.39 is 34.1 Å². The Morgan fingerprint density at radius 2 is 2.13 bits per heavy atom. The first-order valence-corrected chi connectivity index (χ1v) is 13.8. The molecule has 3 atom stereocenters. The SMILES string of the molecule is CCN(C)S(=O)(=O)NC(=O)c1cnn2ccc(N3C[C@@H](F)C[C@@H]3c3cc(F)ccc3OC3CCOC3)cc12. The van der Waals surface area contributed by atoms with Crippen LogP contribution in [-0.4, -0.2) is 73.9 Å². The van der Waals surface area contributed by atoms with Gasteiger partial charge in [-0.1, -0.05) is 6.92 Å². The molecule has 1 N–H and O–H groups in total. The molecule has 2 fully saturated rings. The van der Waals surface area contributed by atoms with Crippen LogP contribution < -0.4 is 14.4 Å². The Balaban J connectivity index is 1.48. The Hall–Kier alpha value is -3.29. The molecule has 204 valence electrons. The van der Waals surface area contributed by atoms with Gasteiger partial charge in [0.25, 0.3) is 5.91 Å². The van der Waals surface area contributed by atoms with Crippen molar-refractivity contribution in [3.8, 4) is 5.75 Å². The third kappa shape index (κ3) is 5.18. The van der Waals surface area contributed by atoms with Gasteiger partial charge in [0.05, 0.1) is 36.5 Å². The van der Waals surface area contributed by atoms with Crippen LogP contribution in [0.5, 0.6) is 5.75 Å². The van der Waals surface area contributed by atoms with Crippen molar-refractivity contribution in [2.45, 2.75) is 38.1 Å². The lowest BCUT2D eigenvalue weighted by Crippen LogP contribution is -2.41. The van der Waals surface area contributed by atoms with E-state index in [0.717, 1.165) is 4.31 Å². The van der Waals surface area contributed by atoms with E-state index in [-0.39, 0.29) is 31.2 Å². The van der Waals surface area contributed by atoms with Crippen LogP contribution in [0.3, 0.4) is 0 Å². The van der Waals surface area contributed by atoms with Gasteiger partial charge in [-0.05, 0) is 30.3 Å². The maximum absolute atomic E-state index is 14.8. The fraction of sp³-hybridized carbons (Fsp3) is 0.440. The zero-order valence-electron chi connectivity index (χ0n) is 21.0. The van der Waals surface area contributed by atoms with Crippen LogP contribution >= 0.6 is 0 Å². The molecule has 1 unspecified atom stereocenters. The van der Waals surface area contributed by atoms with E-state index >= 15 is 0 Å². The number of carbonyl (C=O) groups is 1. The summed E-state index contributed by atoms with van der Waals surface area (Å²) in [5.41, 5.74) is 1.49. The molecule has 2 aliphatic rings. The normalized spacial score (nSPS) is 21.9. The van der Waals surface area contributed by atoms with Crippen molar-refractivity contribution in [2.75, 3.05) is 38.3 Å². The summed E-state index contributed by atoms with van der Waals surface area (Å²) >= 11 is 0. The number of ether oxygens (including phenoxy) is 2. The molecule has 0 saturated carbocycles. The number of fused-ring (bicyclic) bond motifs is 1. The fourth-order valence-corrected chi connectivity index (χ4v) is 5.62. The van der Waals surface area contributed by atoms with Gasteiger partial charge in [-0.3, -0.25) is 4.79 Å². The first-order valence-electron chi connectivity index (χ1n) is 12.4. The summed E-state index contributed by atoms with van der Waals surface area (Å²) in [6.45, 7) is 2.90. The number of hydrogen-bond donors (Lipinski definition) is 1. The molecule has 5 rings (SSSR count). The largest absolute Gasteiger partial charge is 0.488 e. The molecule has 0 aliphatic carbocycles. The van der Waals surface area contributed by atoms with Crippen molar-refractivity contribution in [3.63, 3.8) is 0 Å². The second-order valence-electron chi connectivity index (χ2n) is 9.41. The van der Waals surface area contributed by atoms with Gasteiger partial charge < -0.3 is 14.4 Å². The van der Waals surface area contributed by atoms with Gasteiger partial charge in [-0.25, -0.2) is 18.0 Å². The van der Waals surface area contributed by atoms with Gasteiger partial charge in [-0.15, -0.1) is 0 Å². The Bertz CT molecular complexity index is 1440. The number of hydrogen-bond acceptors (Lipinski definition) is 7. The summed E-state index contributed by atoms with van der Waals surface area (Å²) in [6, 6.07) is 7.08. The maximum atomic E-state index is 14.8. The molecule has 1 amide bonds. The lowest BCUT2D eigenvalue weighted by atomic mass is 10.0. The molecule has 13 heteroatoms. The topological polar surface area (TPSA) is 105 Å². The van der Waals surface area contributed by atoms with Crippen molar-refractivity contribution in [3.05, 3.63) is 59.7 Å². The number of alkyl halides is 1. The van der Waals surface area contributed by atoms with Gasteiger partial charge in [0.2, 0.25) is 0 Å². The summed E-state index contributed by atoms with van der Waals surface area (Å²) in [4.78, 5) is 14.7. The summed E-state index contributed by atoms with van der Waals surface area (Å²) in [5.74, 6) is -0.819. The van der Waals surface area contributed by atoms with Crippen LogP contribution in [0.2, 0.25) is 0 Å². The average Bonchev–Trinajstić information content (AvgIpc) is 3.63. The van der Waals surface area contributed by atoms with Gasteiger partial charge in [0.1, 0.15) is 23.8 Å². The second-order valence-corrected chi connectivity index (χ2v) is 11.2. The summed E-state index contributed by atoms with van der Waals surface area (Å²) < 4.78 is 69.9. The van der Waals surface area contributed by atoms with Crippen LogP contribution in [0.15, 0.2) is 42.7 Å². The standard InChI is InChI=1S/C25H29F2N5O5S/c1-3-30(2)38(34,35)29-25(33)21-13-28-32-8-6-18(12-23(21)32)31-14-17(27)11-22(31)20-10-16(26)4-5-24(20)37-19-7-9-36-15-19/h4-6,8,10,12-13,17,19,22H,3,7,9,11,14-15H2,1-2H3,(H,29,33)/t17-,19?,22+/m0/s1. The highest BCUT2D eigenvalue weighted by atomic mass is 32.2. The summed E-state index contributed by atoms with van der Waals surface area (Å²) in [6.07, 6.45) is 2.38. The quantitative estimate of drug-likeness (QED) is 0.461. The monoisotopic (exact) mass is 549 g/mol. The van der Waals surface area contributed by atoms with E-state index in [4.69, 9.17) is 9.47 Å². The zero-order chi connectivity index (χ0) is 27.0. The van der Waals surface area contributed by atoms with E-state index in [1.165, 1.54) is 29.9 Å². The van der Waals surface area contributed by atoms with Crippen molar-refractivity contribution >= 4 is 27.3 Å². The number of anilines is 1. The molecule has 38 heavy (non-hydrogen) atoms. The maximum Gasteiger partial charge on any atom is 0.303 e. The number of amides is 1. The molecule has 0 radical (unpaired) electrons. The minimum Gasteiger partial charge on any atom is -0.488 e. The third-order valence-electron chi connectivity index (χ3n) is 6.92. The summed E-state index contributed by atoms with van der Waals surface area (Å²) in [5, 5.41) is 4.15. The number of benzene rings is 1. The third-order valence-corrected chi connectivity index (χ3v) is 8.44. The van der Waals surface area contributed by atoms with Crippen LogP contribution in [0.1, 0.15) is 41.7 Å². The second kappa shape index (κ2) is 10.5. The highest BCUT2D eigenvalue weighted by Crippen LogP contribution is 2.42. The number of carbonyl (C=O) groups excluding carboxylic acids is 1. The average molecular weight is 550 g/mol. The van der Waals surface area contributed by atoms with Crippen LogP contribution in [0, 0.1) is 5.82 Å². The van der Waals surface area contributed by atoms with Crippen molar-refractivity contribution in [2.24, 2.45) is 0 Å². The molecule has 1 aromatic carbocycles. The van der Waals surface area contributed by atoms with Crippen LogP contribution in [-0.2, 0) is 14.9 Å². The number of nitrogens with zero attached hydrogens (tertiary/aromatic N) is 4. The highest BCUT2D eigenvalue weighted by Gasteiger charge is 2.36. The van der Waals surface area contributed by atoms with E-state index in [2.05, 4.69) is 5.10 Å². The van der Waals surface area contributed by atoms with E-state index in [9.17, 15) is 22.0 Å². The molecule has 0 spiro atoms. The van der Waals surface area contributed by atoms with Gasteiger partial charge in [0, 0.05) is 50.4 Å². The van der Waals surface area contributed by atoms with E-state index in [1.54, 1.807) is 36.2 Å². The van der Waals surface area contributed by atoms with Gasteiger partial charge in [-0.2, -0.15) is 17.8 Å². The predicted octanol–water partition coefficient (Wildman–Crippen LogP) is 2.86. The number of pyridine rings is 1. The summed E-state index contributed by atoms with van der Waals surface area (Å²) in [7, 11) is -2.67. The van der Waals surface area contributed by atoms with E-state index in [1.807, 2.05) is 4.72 Å². The molecule has 4 heterocycles. The van der Waals surface area contributed by atoms with Crippen molar-refractivity contribution in [1.29, 1.82) is 0 Å². The number of rotatable bonds is 8. The fourth-order valence-electron chi connectivity index (χ4n) is 4.78. The minimum absolute atomic E-state index is 0.0449. The lowest BCUT2D eigenvalue weighted by molar-refractivity contribution is 0.0981. The van der Waals surface area contributed by atoms with Gasteiger partial charge >= 0.3 is 10.2 Å². The molecule has 10 nitrogen and oxygen atoms in total. The molecular formula is C25H29F2N5O5S. The Morgan fingerprint density at radius 3 is 2.87 bits per heavy atom. The molecule has 0 bridgehead atoms. The van der Waals surface area contributed by atoms with Crippen LogP contribution in [0.25, 0.3) is 5.52 Å². The van der Waals surface area contributed by atoms with E-state index in [0.29, 0.717) is 42.2 Å². The Morgan fingerprint density at radius 1 is 1.32 bits per heavy atom. The Labute approximate surface area is 219 Å². The smallest absolute Gasteiger partial charge is 0.303 e. The predicted molar refractivity (Wildman–Crippen MR) is 136 cm³/mol. The Kier molecular flexibility index (Phi) is 7.25. The molecule has 2 aliphatic heterocycles. The number of halogens is 2. The number of nitrogens with one attached hydrogen (secondary N) is 1. The highest BCUT2D eigenvalue weighted by molar-refractivity contribution is 7.87. The lowest BCUT2D eigenvalue weighted by Gasteiger charge is -2.29. The minimum atomic E-state index is -4.02. The first kappa shape index (κ1) is 26.3.